The molecule has 0 saturated heterocycles. The summed E-state index contributed by atoms with van der Waals surface area (Å²) in [7, 11) is 0. The van der Waals surface area contributed by atoms with E-state index in [0.717, 1.165) is 10.9 Å². The molecule has 0 unspecified atom stereocenters. The Labute approximate surface area is 94.7 Å². The highest BCUT2D eigenvalue weighted by atomic mass is 79.9. The van der Waals surface area contributed by atoms with Gasteiger partial charge in [0.15, 0.2) is 0 Å². The molecule has 2 aromatic rings. The van der Waals surface area contributed by atoms with Gasteiger partial charge in [0.1, 0.15) is 0 Å². The van der Waals surface area contributed by atoms with Gasteiger partial charge in [-0.1, -0.05) is 33.6 Å². The predicted molar refractivity (Wildman–Crippen MR) is 61.0 cm³/mol. The van der Waals surface area contributed by atoms with E-state index in [1.54, 1.807) is 12.1 Å². The fourth-order valence-electron chi connectivity index (χ4n) is 1.37. The largest absolute Gasteiger partial charge is 0.493 e. The minimum atomic E-state index is 0.0224. The van der Waals surface area contributed by atoms with Crippen LogP contribution >= 0.6 is 27.5 Å². The van der Waals surface area contributed by atoms with Crippen molar-refractivity contribution >= 4 is 38.4 Å². The maximum Gasteiger partial charge on any atom is 0.211 e. The molecule has 1 aromatic carbocycles. The Hall–Kier alpha value is -0.800. The number of aromatic hydroxyl groups is 1. The second-order valence-corrected chi connectivity index (χ2v) is 3.93. The van der Waals surface area contributed by atoms with Gasteiger partial charge in [-0.15, -0.1) is 0 Å². The number of benzene rings is 1. The van der Waals surface area contributed by atoms with Gasteiger partial charge in [0.05, 0.1) is 5.52 Å². The van der Waals surface area contributed by atoms with E-state index >= 15 is 0 Å². The molecule has 4 heteroatoms. The van der Waals surface area contributed by atoms with Crippen LogP contribution in [0.4, 0.5) is 0 Å². The Balaban J connectivity index is 2.81. The lowest BCUT2D eigenvalue weighted by Crippen LogP contribution is -1.86. The van der Waals surface area contributed by atoms with Crippen LogP contribution in [-0.4, -0.2) is 10.1 Å². The maximum absolute atomic E-state index is 9.36. The molecule has 2 rings (SSSR count). The third-order valence-corrected chi connectivity index (χ3v) is 2.83. The van der Waals surface area contributed by atoms with E-state index in [-0.39, 0.29) is 5.88 Å². The summed E-state index contributed by atoms with van der Waals surface area (Å²) in [6.45, 7) is 0. The smallest absolute Gasteiger partial charge is 0.211 e. The van der Waals surface area contributed by atoms with E-state index in [0.29, 0.717) is 15.9 Å². The van der Waals surface area contributed by atoms with Crippen molar-refractivity contribution in [1.82, 2.24) is 4.98 Å². The lowest BCUT2D eigenvalue weighted by atomic mass is 10.1. The first-order valence-electron chi connectivity index (χ1n) is 4.05. The minimum absolute atomic E-state index is 0.0224. The summed E-state index contributed by atoms with van der Waals surface area (Å²) in [5.74, 6) is 0.0224. The Kier molecular flexibility index (Phi) is 2.61. The van der Waals surface area contributed by atoms with Crippen LogP contribution in [0.3, 0.4) is 0 Å². The first kappa shape index (κ1) is 9.74. The van der Waals surface area contributed by atoms with Crippen molar-refractivity contribution in [3.8, 4) is 5.88 Å². The summed E-state index contributed by atoms with van der Waals surface area (Å²) in [5, 5.41) is 11.7. The fourth-order valence-corrected chi connectivity index (χ4v) is 2.00. The second kappa shape index (κ2) is 3.75. The van der Waals surface area contributed by atoms with Crippen molar-refractivity contribution in [2.24, 2.45) is 0 Å². The number of rotatable bonds is 1. The summed E-state index contributed by atoms with van der Waals surface area (Å²) in [4.78, 5) is 4.00. The first-order chi connectivity index (χ1) is 6.70. The summed E-state index contributed by atoms with van der Waals surface area (Å²) in [5.41, 5.74) is 1.72. The third-order valence-electron chi connectivity index (χ3n) is 1.99. The molecule has 0 amide bonds. The average molecular weight is 273 g/mol. The standard InChI is InChI=1S/C10H7BrClNO/c11-5-6-3-10(14)13-9-4-7(12)1-2-8(6)9/h1-4H,5H2,(H,13,14). The quantitative estimate of drug-likeness (QED) is 0.806. The van der Waals surface area contributed by atoms with Crippen molar-refractivity contribution in [2.75, 3.05) is 0 Å². The molecular weight excluding hydrogens is 265 g/mol. The van der Waals surface area contributed by atoms with Crippen LogP contribution in [0.5, 0.6) is 5.88 Å². The summed E-state index contributed by atoms with van der Waals surface area (Å²) in [6.07, 6.45) is 0. The third kappa shape index (κ3) is 1.70. The van der Waals surface area contributed by atoms with Crippen LogP contribution < -0.4 is 0 Å². The van der Waals surface area contributed by atoms with Crippen molar-refractivity contribution in [3.05, 3.63) is 34.9 Å². The zero-order chi connectivity index (χ0) is 10.1. The number of halogens is 2. The number of hydrogen-bond donors (Lipinski definition) is 1. The molecule has 0 aliphatic heterocycles. The SMILES string of the molecule is Oc1cc(CBr)c2ccc(Cl)cc2n1. The molecule has 0 radical (unpaired) electrons. The number of pyridine rings is 1. The molecule has 14 heavy (non-hydrogen) atoms. The monoisotopic (exact) mass is 271 g/mol. The molecule has 0 aliphatic rings. The molecule has 0 bridgehead atoms. The number of nitrogens with zero attached hydrogens (tertiary/aromatic N) is 1. The van der Waals surface area contributed by atoms with Gasteiger partial charge in [-0.3, -0.25) is 0 Å². The Bertz CT molecular complexity index is 482. The molecule has 0 fully saturated rings. The first-order valence-corrected chi connectivity index (χ1v) is 5.55. The summed E-state index contributed by atoms with van der Waals surface area (Å²) >= 11 is 9.19. The number of alkyl halides is 1. The van der Waals surface area contributed by atoms with Crippen molar-refractivity contribution in [3.63, 3.8) is 0 Å². The van der Waals surface area contributed by atoms with Gasteiger partial charge in [0.2, 0.25) is 5.88 Å². The average Bonchev–Trinajstić information content (AvgIpc) is 2.15. The molecule has 0 atom stereocenters. The van der Waals surface area contributed by atoms with E-state index in [9.17, 15) is 5.11 Å². The van der Waals surface area contributed by atoms with Crippen LogP contribution in [0.15, 0.2) is 24.3 Å². The van der Waals surface area contributed by atoms with Crippen molar-refractivity contribution in [2.45, 2.75) is 5.33 Å². The van der Waals surface area contributed by atoms with Crippen LogP contribution in [0.25, 0.3) is 10.9 Å². The summed E-state index contributed by atoms with van der Waals surface area (Å²) in [6, 6.07) is 7.10. The number of hydrogen-bond acceptors (Lipinski definition) is 2. The molecule has 0 aliphatic carbocycles. The zero-order valence-corrected chi connectivity index (χ0v) is 9.51. The van der Waals surface area contributed by atoms with Crippen LogP contribution in [-0.2, 0) is 5.33 Å². The molecule has 1 aromatic heterocycles. The molecule has 1 heterocycles. The van der Waals surface area contributed by atoms with Crippen LogP contribution in [0, 0.1) is 0 Å². The fraction of sp³-hybridized carbons (Fsp3) is 0.100. The van der Waals surface area contributed by atoms with E-state index in [1.165, 1.54) is 0 Å². The number of aromatic nitrogens is 1. The topological polar surface area (TPSA) is 33.1 Å². The summed E-state index contributed by atoms with van der Waals surface area (Å²) < 4.78 is 0. The lowest BCUT2D eigenvalue weighted by molar-refractivity contribution is 0.455. The Morgan fingerprint density at radius 3 is 2.86 bits per heavy atom. The molecule has 72 valence electrons. The minimum Gasteiger partial charge on any atom is -0.493 e. The van der Waals surface area contributed by atoms with Gasteiger partial charge in [-0.2, -0.15) is 0 Å². The molecule has 1 N–H and O–H groups in total. The Morgan fingerprint density at radius 1 is 1.36 bits per heavy atom. The maximum atomic E-state index is 9.36. The van der Waals surface area contributed by atoms with Gasteiger partial charge < -0.3 is 5.11 Å². The van der Waals surface area contributed by atoms with E-state index < -0.39 is 0 Å². The predicted octanol–water partition coefficient (Wildman–Crippen LogP) is 3.49. The molecular formula is C10H7BrClNO. The second-order valence-electron chi connectivity index (χ2n) is 2.93. The van der Waals surface area contributed by atoms with Gasteiger partial charge >= 0.3 is 0 Å². The van der Waals surface area contributed by atoms with Gasteiger partial charge in [0, 0.05) is 21.8 Å². The van der Waals surface area contributed by atoms with Gasteiger partial charge in [-0.05, 0) is 17.7 Å². The van der Waals surface area contributed by atoms with Gasteiger partial charge in [0.25, 0.3) is 0 Å². The van der Waals surface area contributed by atoms with Gasteiger partial charge in [-0.25, -0.2) is 4.98 Å². The highest BCUT2D eigenvalue weighted by Gasteiger charge is 2.04. The zero-order valence-electron chi connectivity index (χ0n) is 7.17. The highest BCUT2D eigenvalue weighted by molar-refractivity contribution is 9.08. The molecule has 0 saturated carbocycles. The molecule has 0 spiro atoms. The lowest BCUT2D eigenvalue weighted by Gasteiger charge is -2.04. The van der Waals surface area contributed by atoms with Crippen LogP contribution in [0.1, 0.15) is 5.56 Å². The number of fused-ring (bicyclic) bond motifs is 1. The van der Waals surface area contributed by atoms with E-state index in [1.807, 2.05) is 12.1 Å². The van der Waals surface area contributed by atoms with E-state index in [2.05, 4.69) is 20.9 Å². The van der Waals surface area contributed by atoms with E-state index in [4.69, 9.17) is 11.6 Å². The van der Waals surface area contributed by atoms with Crippen molar-refractivity contribution in [1.29, 1.82) is 0 Å². The van der Waals surface area contributed by atoms with Crippen LogP contribution in [0.2, 0.25) is 5.02 Å². The highest BCUT2D eigenvalue weighted by Crippen LogP contribution is 2.25. The van der Waals surface area contributed by atoms with Crippen molar-refractivity contribution < 1.29 is 5.11 Å². The Morgan fingerprint density at radius 2 is 2.14 bits per heavy atom. The molecule has 2 nitrogen and oxygen atoms in total. The normalized spacial score (nSPS) is 10.7.